The summed E-state index contributed by atoms with van der Waals surface area (Å²) in [6, 6.07) is 11.8. The Bertz CT molecular complexity index is 431. The molecule has 1 aromatic heterocycles. The first kappa shape index (κ1) is 10.1. The lowest BCUT2D eigenvalue weighted by molar-refractivity contribution is 0.0966. The SMILES string of the molecule is CC(C(=O)c1ccsc1)c1ccccc1. The molecule has 0 N–H and O–H groups in total. The minimum absolute atomic E-state index is 0.0548. The van der Waals surface area contributed by atoms with E-state index in [2.05, 4.69) is 0 Å². The summed E-state index contributed by atoms with van der Waals surface area (Å²) >= 11 is 1.56. The highest BCUT2D eigenvalue weighted by Gasteiger charge is 2.16. The van der Waals surface area contributed by atoms with E-state index in [0.717, 1.165) is 11.1 Å². The van der Waals surface area contributed by atoms with Crippen molar-refractivity contribution in [2.75, 3.05) is 0 Å². The molecule has 2 rings (SSSR count). The molecule has 76 valence electrons. The quantitative estimate of drug-likeness (QED) is 0.714. The number of Topliss-reactive ketones (excluding diaryl/α,β-unsaturated/α-hetero) is 1. The molecule has 0 aliphatic heterocycles. The van der Waals surface area contributed by atoms with Gasteiger partial charge < -0.3 is 0 Å². The van der Waals surface area contributed by atoms with Crippen molar-refractivity contribution in [1.29, 1.82) is 0 Å². The van der Waals surface area contributed by atoms with Crippen molar-refractivity contribution >= 4 is 17.1 Å². The zero-order chi connectivity index (χ0) is 10.7. The Morgan fingerprint density at radius 3 is 2.53 bits per heavy atom. The average Bonchev–Trinajstić information content (AvgIpc) is 2.82. The summed E-state index contributed by atoms with van der Waals surface area (Å²) in [6.07, 6.45) is 0. The van der Waals surface area contributed by atoms with Crippen LogP contribution in [0.2, 0.25) is 0 Å². The Hall–Kier alpha value is -1.41. The van der Waals surface area contributed by atoms with Gasteiger partial charge in [0.1, 0.15) is 0 Å². The van der Waals surface area contributed by atoms with Gasteiger partial charge in [0.2, 0.25) is 0 Å². The molecular weight excluding hydrogens is 204 g/mol. The van der Waals surface area contributed by atoms with E-state index in [1.807, 2.05) is 54.1 Å². The molecule has 1 atom stereocenters. The van der Waals surface area contributed by atoms with Crippen LogP contribution in [0, 0.1) is 0 Å². The lowest BCUT2D eigenvalue weighted by Crippen LogP contribution is -2.08. The first-order valence-electron chi connectivity index (χ1n) is 4.90. The Balaban J connectivity index is 2.23. The number of benzene rings is 1. The van der Waals surface area contributed by atoms with Crippen LogP contribution in [-0.2, 0) is 0 Å². The van der Waals surface area contributed by atoms with Gasteiger partial charge in [-0.05, 0) is 17.0 Å². The van der Waals surface area contributed by atoms with Gasteiger partial charge in [0.15, 0.2) is 5.78 Å². The summed E-state index contributed by atoms with van der Waals surface area (Å²) in [7, 11) is 0. The molecule has 1 heterocycles. The number of carbonyl (C=O) groups excluding carboxylic acids is 1. The Labute approximate surface area is 93.4 Å². The zero-order valence-corrected chi connectivity index (χ0v) is 9.33. The molecular formula is C13H12OS. The van der Waals surface area contributed by atoms with Gasteiger partial charge in [-0.25, -0.2) is 0 Å². The average molecular weight is 216 g/mol. The van der Waals surface area contributed by atoms with Crippen molar-refractivity contribution in [2.45, 2.75) is 12.8 Å². The summed E-state index contributed by atoms with van der Waals surface area (Å²) in [5, 5.41) is 3.84. The van der Waals surface area contributed by atoms with E-state index in [1.54, 1.807) is 11.3 Å². The number of thiophene rings is 1. The number of hydrogen-bond acceptors (Lipinski definition) is 2. The van der Waals surface area contributed by atoms with Crippen LogP contribution in [-0.4, -0.2) is 5.78 Å². The van der Waals surface area contributed by atoms with E-state index >= 15 is 0 Å². The molecule has 2 heteroatoms. The molecule has 1 unspecified atom stereocenters. The summed E-state index contributed by atoms with van der Waals surface area (Å²) in [5.74, 6) is 0.142. The molecule has 0 fully saturated rings. The molecule has 0 aliphatic rings. The molecule has 0 radical (unpaired) electrons. The predicted octanol–water partition coefficient (Wildman–Crippen LogP) is 3.73. The monoisotopic (exact) mass is 216 g/mol. The maximum absolute atomic E-state index is 12.0. The second-order valence-electron chi connectivity index (χ2n) is 3.51. The van der Waals surface area contributed by atoms with E-state index < -0.39 is 0 Å². The number of rotatable bonds is 3. The molecule has 15 heavy (non-hydrogen) atoms. The van der Waals surface area contributed by atoms with Gasteiger partial charge in [-0.1, -0.05) is 37.3 Å². The molecule has 0 saturated heterocycles. The summed E-state index contributed by atoms with van der Waals surface area (Å²) in [4.78, 5) is 12.0. The molecule has 0 bridgehead atoms. The minimum Gasteiger partial charge on any atom is -0.293 e. The van der Waals surface area contributed by atoms with E-state index in [0.29, 0.717) is 0 Å². The smallest absolute Gasteiger partial charge is 0.170 e. The van der Waals surface area contributed by atoms with Crippen molar-refractivity contribution in [3.8, 4) is 0 Å². The predicted molar refractivity (Wildman–Crippen MR) is 63.5 cm³/mol. The third kappa shape index (κ3) is 2.16. The molecule has 1 nitrogen and oxygen atoms in total. The highest BCUT2D eigenvalue weighted by atomic mass is 32.1. The maximum atomic E-state index is 12.0. The highest BCUT2D eigenvalue weighted by Crippen LogP contribution is 2.21. The summed E-state index contributed by atoms with van der Waals surface area (Å²) in [6.45, 7) is 1.95. The normalized spacial score (nSPS) is 12.3. The highest BCUT2D eigenvalue weighted by molar-refractivity contribution is 7.08. The van der Waals surface area contributed by atoms with Gasteiger partial charge >= 0.3 is 0 Å². The van der Waals surface area contributed by atoms with Gasteiger partial charge in [-0.15, -0.1) is 0 Å². The fourth-order valence-corrected chi connectivity index (χ4v) is 2.19. The number of carbonyl (C=O) groups is 1. The molecule has 0 saturated carbocycles. The third-order valence-electron chi connectivity index (χ3n) is 2.50. The van der Waals surface area contributed by atoms with Crippen LogP contribution >= 0.6 is 11.3 Å². The molecule has 1 aromatic carbocycles. The van der Waals surface area contributed by atoms with Gasteiger partial charge in [0.25, 0.3) is 0 Å². The molecule has 0 amide bonds. The van der Waals surface area contributed by atoms with Crippen LogP contribution in [0.5, 0.6) is 0 Å². The second-order valence-corrected chi connectivity index (χ2v) is 4.29. The standard InChI is InChI=1S/C13H12OS/c1-10(11-5-3-2-4-6-11)13(14)12-7-8-15-9-12/h2-10H,1H3. The van der Waals surface area contributed by atoms with Crippen molar-refractivity contribution in [3.05, 3.63) is 58.3 Å². The number of ketones is 1. The van der Waals surface area contributed by atoms with Crippen LogP contribution in [0.1, 0.15) is 28.8 Å². The van der Waals surface area contributed by atoms with Crippen molar-refractivity contribution in [3.63, 3.8) is 0 Å². The molecule has 0 aliphatic carbocycles. The van der Waals surface area contributed by atoms with Gasteiger partial charge in [0.05, 0.1) is 0 Å². The minimum atomic E-state index is -0.0548. The van der Waals surface area contributed by atoms with E-state index in [4.69, 9.17) is 0 Å². The van der Waals surface area contributed by atoms with Crippen molar-refractivity contribution in [1.82, 2.24) is 0 Å². The van der Waals surface area contributed by atoms with Gasteiger partial charge in [-0.2, -0.15) is 11.3 Å². The van der Waals surface area contributed by atoms with Crippen molar-refractivity contribution in [2.24, 2.45) is 0 Å². The second kappa shape index (κ2) is 4.41. The Kier molecular flexibility index (Phi) is 2.97. The van der Waals surface area contributed by atoms with Gasteiger partial charge in [0, 0.05) is 16.9 Å². The van der Waals surface area contributed by atoms with Crippen LogP contribution in [0.25, 0.3) is 0 Å². The summed E-state index contributed by atoms with van der Waals surface area (Å²) in [5.41, 5.74) is 1.89. The van der Waals surface area contributed by atoms with E-state index in [9.17, 15) is 4.79 Å². The molecule has 2 aromatic rings. The van der Waals surface area contributed by atoms with E-state index in [-0.39, 0.29) is 11.7 Å². The van der Waals surface area contributed by atoms with Crippen LogP contribution in [0.4, 0.5) is 0 Å². The largest absolute Gasteiger partial charge is 0.293 e. The Morgan fingerprint density at radius 2 is 1.93 bits per heavy atom. The topological polar surface area (TPSA) is 17.1 Å². The number of hydrogen-bond donors (Lipinski definition) is 0. The maximum Gasteiger partial charge on any atom is 0.170 e. The molecule has 0 spiro atoms. The third-order valence-corrected chi connectivity index (χ3v) is 3.18. The first-order valence-corrected chi connectivity index (χ1v) is 5.84. The lowest BCUT2D eigenvalue weighted by atomic mass is 9.94. The van der Waals surface area contributed by atoms with E-state index in [1.165, 1.54) is 0 Å². The fourth-order valence-electron chi connectivity index (χ4n) is 1.55. The Morgan fingerprint density at radius 1 is 1.20 bits per heavy atom. The zero-order valence-electron chi connectivity index (χ0n) is 8.51. The van der Waals surface area contributed by atoms with Crippen LogP contribution < -0.4 is 0 Å². The first-order chi connectivity index (χ1) is 7.29. The van der Waals surface area contributed by atoms with Crippen LogP contribution in [0.15, 0.2) is 47.2 Å². The van der Waals surface area contributed by atoms with Crippen molar-refractivity contribution < 1.29 is 4.79 Å². The fraction of sp³-hybridized carbons (Fsp3) is 0.154. The lowest BCUT2D eigenvalue weighted by Gasteiger charge is -2.09. The summed E-state index contributed by atoms with van der Waals surface area (Å²) < 4.78 is 0. The van der Waals surface area contributed by atoms with Crippen LogP contribution in [0.3, 0.4) is 0 Å². The van der Waals surface area contributed by atoms with Gasteiger partial charge in [-0.3, -0.25) is 4.79 Å².